The summed E-state index contributed by atoms with van der Waals surface area (Å²) in [7, 11) is 0. The topological polar surface area (TPSA) is 45.5 Å². The Morgan fingerprint density at radius 1 is 1.04 bits per heavy atom. The summed E-state index contributed by atoms with van der Waals surface area (Å²) in [5, 5.41) is 4.32. The van der Waals surface area contributed by atoms with Gasteiger partial charge in [-0.2, -0.15) is 0 Å². The number of nitrogens with zero attached hydrogens (tertiary/aromatic N) is 1. The summed E-state index contributed by atoms with van der Waals surface area (Å²) in [5.74, 6) is 0.422. The van der Waals surface area contributed by atoms with Crippen molar-refractivity contribution in [1.29, 1.82) is 0 Å². The van der Waals surface area contributed by atoms with Crippen LogP contribution in [0.15, 0.2) is 65.1 Å². The Hall–Kier alpha value is -2.43. The lowest BCUT2D eigenvalue weighted by atomic mass is 10.1. The predicted molar refractivity (Wildman–Crippen MR) is 103 cm³/mol. The zero-order valence-electron chi connectivity index (χ0n) is 14.9. The molecule has 4 heteroatoms. The van der Waals surface area contributed by atoms with Gasteiger partial charge >= 0.3 is 0 Å². The van der Waals surface area contributed by atoms with E-state index in [-0.39, 0.29) is 12.3 Å². The van der Waals surface area contributed by atoms with Gasteiger partial charge < -0.3 is 9.73 Å². The number of carbonyl (C=O) groups excluding carboxylic acids is 1. The molecule has 1 atom stereocenters. The molecule has 1 aromatic heterocycles. The van der Waals surface area contributed by atoms with E-state index in [0.717, 1.165) is 30.6 Å². The van der Waals surface area contributed by atoms with Crippen LogP contribution in [0.5, 0.6) is 0 Å². The third-order valence-electron chi connectivity index (χ3n) is 5.09. The molecule has 0 bridgehead atoms. The van der Waals surface area contributed by atoms with Crippen LogP contribution in [0.3, 0.4) is 0 Å². The van der Waals surface area contributed by atoms with Gasteiger partial charge in [-0.1, -0.05) is 48.5 Å². The number of likely N-dealkylation sites (tertiary alicyclic amines) is 1. The fourth-order valence-electron chi connectivity index (χ4n) is 3.72. The van der Waals surface area contributed by atoms with E-state index in [1.54, 1.807) is 0 Å². The van der Waals surface area contributed by atoms with Crippen molar-refractivity contribution in [2.24, 2.45) is 0 Å². The summed E-state index contributed by atoms with van der Waals surface area (Å²) in [6.07, 6.45) is 2.50. The normalized spacial score (nSPS) is 16.2. The van der Waals surface area contributed by atoms with Gasteiger partial charge in [-0.25, -0.2) is 0 Å². The molecule has 0 aliphatic carbocycles. The molecule has 26 heavy (non-hydrogen) atoms. The standard InChI is InChI=1S/C22H24N2O2/c25-20(22-14-18-10-4-5-11-21(18)26-22)16-23-15-19(24-12-6-7-13-24)17-8-2-1-3-9-17/h1-5,8-11,14,19,23H,6-7,12-13,15-16H2. The Balaban J connectivity index is 1.40. The number of rotatable bonds is 7. The van der Waals surface area contributed by atoms with Gasteiger partial charge in [0.05, 0.1) is 6.54 Å². The molecule has 1 N–H and O–H groups in total. The molecule has 134 valence electrons. The van der Waals surface area contributed by atoms with E-state index in [1.807, 2.05) is 36.4 Å². The number of fused-ring (bicyclic) bond motifs is 1. The molecule has 2 aromatic carbocycles. The van der Waals surface area contributed by atoms with Crippen molar-refractivity contribution < 1.29 is 9.21 Å². The van der Waals surface area contributed by atoms with E-state index in [4.69, 9.17) is 4.42 Å². The van der Waals surface area contributed by atoms with Crippen molar-refractivity contribution in [3.8, 4) is 0 Å². The number of ketones is 1. The van der Waals surface area contributed by atoms with E-state index >= 15 is 0 Å². The number of para-hydroxylation sites is 1. The minimum absolute atomic E-state index is 0.00515. The number of carbonyl (C=O) groups is 1. The summed E-state index contributed by atoms with van der Waals surface area (Å²) in [4.78, 5) is 15.0. The summed E-state index contributed by atoms with van der Waals surface area (Å²) >= 11 is 0. The van der Waals surface area contributed by atoms with Crippen molar-refractivity contribution in [1.82, 2.24) is 10.2 Å². The molecule has 1 saturated heterocycles. The van der Waals surface area contributed by atoms with Crippen LogP contribution in [-0.4, -0.2) is 36.9 Å². The maximum Gasteiger partial charge on any atom is 0.211 e. The average molecular weight is 348 g/mol. The highest BCUT2D eigenvalue weighted by Gasteiger charge is 2.23. The van der Waals surface area contributed by atoms with E-state index < -0.39 is 0 Å². The third-order valence-corrected chi connectivity index (χ3v) is 5.09. The van der Waals surface area contributed by atoms with Crippen LogP contribution >= 0.6 is 0 Å². The second-order valence-electron chi connectivity index (χ2n) is 6.87. The minimum atomic E-state index is -0.00515. The summed E-state index contributed by atoms with van der Waals surface area (Å²) < 4.78 is 5.67. The van der Waals surface area contributed by atoms with E-state index in [9.17, 15) is 4.79 Å². The molecule has 0 amide bonds. The second kappa shape index (κ2) is 7.85. The summed E-state index contributed by atoms with van der Waals surface area (Å²) in [6.45, 7) is 3.30. The molecule has 0 saturated carbocycles. The fraction of sp³-hybridized carbons (Fsp3) is 0.318. The maximum atomic E-state index is 12.5. The van der Waals surface area contributed by atoms with Crippen LogP contribution in [0.1, 0.15) is 35.0 Å². The average Bonchev–Trinajstić information content (AvgIpc) is 3.35. The van der Waals surface area contributed by atoms with Gasteiger partial charge in [0.1, 0.15) is 5.58 Å². The van der Waals surface area contributed by atoms with Crippen molar-refractivity contribution in [3.63, 3.8) is 0 Å². The van der Waals surface area contributed by atoms with Gasteiger partial charge in [0, 0.05) is 18.0 Å². The fourth-order valence-corrected chi connectivity index (χ4v) is 3.72. The Bertz CT molecular complexity index is 833. The molecular formula is C22H24N2O2. The monoisotopic (exact) mass is 348 g/mol. The number of benzene rings is 2. The first-order valence-corrected chi connectivity index (χ1v) is 9.33. The number of furan rings is 1. The lowest BCUT2D eigenvalue weighted by Gasteiger charge is -2.28. The van der Waals surface area contributed by atoms with Gasteiger partial charge in [0.15, 0.2) is 5.76 Å². The van der Waals surface area contributed by atoms with Crippen molar-refractivity contribution in [2.75, 3.05) is 26.2 Å². The zero-order chi connectivity index (χ0) is 17.8. The first-order valence-electron chi connectivity index (χ1n) is 9.33. The van der Waals surface area contributed by atoms with Crippen LogP contribution in [-0.2, 0) is 0 Å². The highest BCUT2D eigenvalue weighted by molar-refractivity contribution is 5.98. The summed E-state index contributed by atoms with van der Waals surface area (Å²) in [5.41, 5.74) is 2.06. The van der Waals surface area contributed by atoms with Gasteiger partial charge in [-0.3, -0.25) is 9.69 Å². The van der Waals surface area contributed by atoms with E-state index in [1.165, 1.54) is 18.4 Å². The van der Waals surface area contributed by atoms with Crippen LogP contribution in [0.2, 0.25) is 0 Å². The van der Waals surface area contributed by atoms with E-state index in [2.05, 4.69) is 34.5 Å². The Labute approximate surface area is 153 Å². The van der Waals surface area contributed by atoms with Gasteiger partial charge in [-0.15, -0.1) is 0 Å². The first kappa shape index (κ1) is 17.0. The molecule has 0 radical (unpaired) electrons. The quantitative estimate of drug-likeness (QED) is 0.655. The smallest absolute Gasteiger partial charge is 0.211 e. The van der Waals surface area contributed by atoms with Crippen molar-refractivity contribution in [3.05, 3.63) is 72.0 Å². The summed E-state index contributed by atoms with van der Waals surface area (Å²) in [6, 6.07) is 20.4. The largest absolute Gasteiger partial charge is 0.453 e. The number of Topliss-reactive ketones (excluding diaryl/α,β-unsaturated/α-hetero) is 1. The third kappa shape index (κ3) is 3.71. The molecule has 3 aromatic rings. The molecule has 1 unspecified atom stereocenters. The van der Waals surface area contributed by atoms with Gasteiger partial charge in [-0.05, 0) is 43.6 Å². The predicted octanol–water partition coefficient (Wildman–Crippen LogP) is 4.04. The number of hydrogen-bond acceptors (Lipinski definition) is 4. The molecule has 2 heterocycles. The molecule has 1 aliphatic heterocycles. The van der Waals surface area contributed by atoms with Gasteiger partial charge in [0.2, 0.25) is 5.78 Å². The van der Waals surface area contributed by atoms with Crippen LogP contribution in [0.25, 0.3) is 11.0 Å². The first-order chi connectivity index (χ1) is 12.8. The van der Waals surface area contributed by atoms with Gasteiger partial charge in [0.25, 0.3) is 0 Å². The molecule has 1 fully saturated rings. The molecular weight excluding hydrogens is 324 g/mol. The Kier molecular flexibility index (Phi) is 5.14. The number of nitrogens with one attached hydrogen (secondary N) is 1. The van der Waals surface area contributed by atoms with E-state index in [0.29, 0.717) is 11.8 Å². The molecule has 1 aliphatic rings. The van der Waals surface area contributed by atoms with Crippen LogP contribution in [0, 0.1) is 0 Å². The van der Waals surface area contributed by atoms with Crippen LogP contribution < -0.4 is 5.32 Å². The molecule has 4 rings (SSSR count). The minimum Gasteiger partial charge on any atom is -0.453 e. The van der Waals surface area contributed by atoms with Crippen LogP contribution in [0.4, 0.5) is 0 Å². The maximum absolute atomic E-state index is 12.5. The Morgan fingerprint density at radius 3 is 2.54 bits per heavy atom. The second-order valence-corrected chi connectivity index (χ2v) is 6.87. The highest BCUT2D eigenvalue weighted by Crippen LogP contribution is 2.24. The number of hydrogen-bond donors (Lipinski definition) is 1. The molecule has 0 spiro atoms. The molecule has 4 nitrogen and oxygen atoms in total. The van der Waals surface area contributed by atoms with Crippen molar-refractivity contribution in [2.45, 2.75) is 18.9 Å². The SMILES string of the molecule is O=C(CNCC(c1ccccc1)N1CCCC1)c1cc2ccccc2o1. The van der Waals surface area contributed by atoms with Crippen molar-refractivity contribution >= 4 is 16.8 Å². The lowest BCUT2D eigenvalue weighted by molar-refractivity contribution is 0.0963. The zero-order valence-corrected chi connectivity index (χ0v) is 14.9. The highest BCUT2D eigenvalue weighted by atomic mass is 16.3. The Morgan fingerprint density at radius 2 is 1.77 bits per heavy atom. The lowest BCUT2D eigenvalue weighted by Crippen LogP contribution is -2.36.